The number of benzene rings is 1. The molecule has 3 heterocycles. The molecule has 4 aromatic rings. The van der Waals surface area contributed by atoms with E-state index >= 15 is 0 Å². The molecule has 0 saturated carbocycles. The number of hydrogen-bond donors (Lipinski definition) is 3. The number of rotatable bonds is 3. The molecular formula is C18H10N4O4S. The van der Waals surface area contributed by atoms with Gasteiger partial charge in [-0.25, -0.2) is 9.78 Å². The van der Waals surface area contributed by atoms with E-state index in [-0.39, 0.29) is 17.0 Å². The smallest absolute Gasteiger partial charge is 0.355 e. The number of aromatic hydroxyl groups is 1. The molecule has 0 unspecified atom stereocenters. The first kappa shape index (κ1) is 16.6. The van der Waals surface area contributed by atoms with Crippen molar-refractivity contribution in [3.05, 3.63) is 63.5 Å². The van der Waals surface area contributed by atoms with Crippen molar-refractivity contribution in [2.45, 2.75) is 0 Å². The SMILES string of the molecule is N#Cc1c(O)c2c(ccn2-c2ccc(-c3nc(C(=O)O)cs3)cc2)[nH]c1=O. The molecule has 0 fully saturated rings. The number of nitriles is 1. The van der Waals surface area contributed by atoms with Crippen molar-refractivity contribution in [2.75, 3.05) is 0 Å². The van der Waals surface area contributed by atoms with Gasteiger partial charge in [0.15, 0.2) is 17.0 Å². The van der Waals surface area contributed by atoms with E-state index in [0.717, 1.165) is 5.56 Å². The number of aromatic amines is 1. The van der Waals surface area contributed by atoms with Crippen LogP contribution in [0.15, 0.2) is 46.7 Å². The van der Waals surface area contributed by atoms with Gasteiger partial charge in [0, 0.05) is 22.8 Å². The molecule has 0 aliphatic rings. The zero-order valence-electron chi connectivity index (χ0n) is 13.5. The minimum atomic E-state index is -1.08. The zero-order chi connectivity index (χ0) is 19.1. The minimum Gasteiger partial charge on any atom is -0.504 e. The number of carboxylic acids is 1. The van der Waals surface area contributed by atoms with Crippen LogP contribution >= 0.6 is 11.3 Å². The fourth-order valence-electron chi connectivity index (χ4n) is 2.77. The minimum absolute atomic E-state index is 0.00612. The van der Waals surface area contributed by atoms with Crippen LogP contribution in [0.4, 0.5) is 0 Å². The molecule has 0 saturated heterocycles. The van der Waals surface area contributed by atoms with E-state index in [2.05, 4.69) is 9.97 Å². The highest BCUT2D eigenvalue weighted by Crippen LogP contribution is 2.30. The molecule has 4 rings (SSSR count). The number of nitrogens with one attached hydrogen (secondary N) is 1. The summed E-state index contributed by atoms with van der Waals surface area (Å²) < 4.78 is 1.65. The Kier molecular flexibility index (Phi) is 3.75. The molecular weight excluding hydrogens is 368 g/mol. The van der Waals surface area contributed by atoms with Crippen LogP contribution in [0, 0.1) is 11.3 Å². The third-order valence-corrected chi connectivity index (χ3v) is 4.94. The van der Waals surface area contributed by atoms with E-state index in [1.807, 2.05) is 0 Å². The van der Waals surface area contributed by atoms with Gasteiger partial charge in [-0.05, 0) is 30.3 Å². The summed E-state index contributed by atoms with van der Waals surface area (Å²) in [5.74, 6) is -1.46. The molecule has 1 aromatic carbocycles. The maximum atomic E-state index is 11.8. The monoisotopic (exact) mass is 378 g/mol. The first-order valence-corrected chi connectivity index (χ1v) is 8.53. The van der Waals surface area contributed by atoms with Crippen LogP contribution < -0.4 is 5.56 Å². The first-order valence-electron chi connectivity index (χ1n) is 7.65. The Bertz CT molecular complexity index is 1290. The molecule has 0 aliphatic carbocycles. The number of pyridine rings is 1. The first-order chi connectivity index (χ1) is 13.0. The van der Waals surface area contributed by atoms with Crippen LogP contribution in [0.3, 0.4) is 0 Å². The van der Waals surface area contributed by atoms with Crippen molar-refractivity contribution in [1.82, 2.24) is 14.5 Å². The quantitative estimate of drug-likeness (QED) is 0.502. The topological polar surface area (TPSA) is 132 Å². The Morgan fingerprint density at radius 1 is 1.26 bits per heavy atom. The van der Waals surface area contributed by atoms with Crippen molar-refractivity contribution in [1.29, 1.82) is 5.26 Å². The third-order valence-electron chi connectivity index (χ3n) is 4.05. The van der Waals surface area contributed by atoms with Crippen LogP contribution in [-0.4, -0.2) is 30.7 Å². The second-order valence-corrected chi connectivity index (χ2v) is 6.49. The van der Waals surface area contributed by atoms with E-state index < -0.39 is 11.5 Å². The zero-order valence-corrected chi connectivity index (χ0v) is 14.3. The lowest BCUT2D eigenvalue weighted by Crippen LogP contribution is -2.10. The number of thiazole rings is 1. The number of hydrogen-bond acceptors (Lipinski definition) is 6. The van der Waals surface area contributed by atoms with Crippen molar-refractivity contribution >= 4 is 28.3 Å². The molecule has 0 aliphatic heterocycles. The predicted octanol–water partition coefficient (Wildman–Crippen LogP) is 2.72. The average molecular weight is 378 g/mol. The summed E-state index contributed by atoms with van der Waals surface area (Å²) in [5, 5.41) is 30.4. The largest absolute Gasteiger partial charge is 0.504 e. The van der Waals surface area contributed by atoms with Crippen LogP contribution in [0.2, 0.25) is 0 Å². The van der Waals surface area contributed by atoms with Gasteiger partial charge in [-0.1, -0.05) is 0 Å². The standard InChI is InChI=1S/C18H10N4O4S/c19-7-11-15(23)14-12(20-16(11)24)5-6-22(14)10-3-1-9(2-4-10)17-21-13(8-27-17)18(25)26/h1-6,8H,(H,25,26)(H2,20,23,24). The maximum absolute atomic E-state index is 11.8. The van der Waals surface area contributed by atoms with Gasteiger partial charge in [0.25, 0.3) is 5.56 Å². The summed E-state index contributed by atoms with van der Waals surface area (Å²) in [6.07, 6.45) is 1.67. The Morgan fingerprint density at radius 3 is 2.63 bits per heavy atom. The fourth-order valence-corrected chi connectivity index (χ4v) is 3.57. The van der Waals surface area contributed by atoms with Crippen LogP contribution in [-0.2, 0) is 0 Å². The average Bonchev–Trinajstić information content (AvgIpc) is 3.29. The molecule has 8 nitrogen and oxygen atoms in total. The van der Waals surface area contributed by atoms with Crippen molar-refractivity contribution in [2.24, 2.45) is 0 Å². The van der Waals surface area contributed by atoms with Crippen LogP contribution in [0.25, 0.3) is 27.3 Å². The Hall–Kier alpha value is -3.90. The van der Waals surface area contributed by atoms with Crippen molar-refractivity contribution in [3.63, 3.8) is 0 Å². The van der Waals surface area contributed by atoms with Gasteiger partial charge in [0.1, 0.15) is 16.6 Å². The molecule has 9 heteroatoms. The lowest BCUT2D eigenvalue weighted by molar-refractivity contribution is 0.0691. The predicted molar refractivity (Wildman–Crippen MR) is 98.3 cm³/mol. The summed E-state index contributed by atoms with van der Waals surface area (Å²) in [6, 6.07) is 10.4. The van der Waals surface area contributed by atoms with E-state index in [4.69, 9.17) is 10.4 Å². The number of carbonyl (C=O) groups is 1. The van der Waals surface area contributed by atoms with Crippen molar-refractivity contribution < 1.29 is 15.0 Å². The summed E-state index contributed by atoms with van der Waals surface area (Å²) in [6.45, 7) is 0. The number of aromatic nitrogens is 3. The number of aromatic carboxylic acids is 1. The molecule has 0 atom stereocenters. The Labute approximate surface area is 155 Å². The van der Waals surface area contributed by atoms with Gasteiger partial charge in [0.05, 0.1) is 5.52 Å². The molecule has 3 aromatic heterocycles. The normalized spacial score (nSPS) is 10.8. The lowest BCUT2D eigenvalue weighted by atomic mass is 10.2. The van der Waals surface area contributed by atoms with Gasteiger partial charge in [-0.2, -0.15) is 5.26 Å². The Morgan fingerprint density at radius 2 is 2.00 bits per heavy atom. The molecule has 0 spiro atoms. The highest BCUT2D eigenvalue weighted by molar-refractivity contribution is 7.13. The number of H-pyrrole nitrogens is 1. The fraction of sp³-hybridized carbons (Fsp3) is 0. The van der Waals surface area contributed by atoms with E-state index in [1.54, 1.807) is 47.2 Å². The highest BCUT2D eigenvalue weighted by Gasteiger charge is 2.16. The molecule has 27 heavy (non-hydrogen) atoms. The molecule has 0 amide bonds. The van der Waals surface area contributed by atoms with Gasteiger partial charge in [-0.15, -0.1) is 11.3 Å². The second-order valence-electron chi connectivity index (χ2n) is 5.63. The second kappa shape index (κ2) is 6.12. The number of carboxylic acid groups (broad SMARTS) is 1. The molecule has 0 bridgehead atoms. The number of nitrogens with zero attached hydrogens (tertiary/aromatic N) is 3. The molecule has 0 radical (unpaired) electrons. The van der Waals surface area contributed by atoms with Gasteiger partial charge in [0.2, 0.25) is 0 Å². The van der Waals surface area contributed by atoms with Gasteiger partial charge in [-0.3, -0.25) is 4.79 Å². The molecule has 132 valence electrons. The lowest BCUT2D eigenvalue weighted by Gasteiger charge is -2.08. The van der Waals surface area contributed by atoms with Crippen LogP contribution in [0.1, 0.15) is 16.1 Å². The van der Waals surface area contributed by atoms with E-state index in [9.17, 15) is 14.7 Å². The van der Waals surface area contributed by atoms with Crippen molar-refractivity contribution in [3.8, 4) is 28.1 Å². The van der Waals surface area contributed by atoms with Crippen LogP contribution in [0.5, 0.6) is 5.75 Å². The number of fused-ring (bicyclic) bond motifs is 1. The summed E-state index contributed by atoms with van der Waals surface area (Å²) in [5.41, 5.74) is 1.18. The summed E-state index contributed by atoms with van der Waals surface area (Å²) >= 11 is 1.23. The molecule has 3 N–H and O–H groups in total. The maximum Gasteiger partial charge on any atom is 0.355 e. The van der Waals surface area contributed by atoms with Gasteiger partial charge >= 0.3 is 5.97 Å². The van der Waals surface area contributed by atoms with Gasteiger partial charge < -0.3 is 19.8 Å². The van der Waals surface area contributed by atoms with E-state index in [1.165, 1.54) is 16.7 Å². The van der Waals surface area contributed by atoms with E-state index in [0.29, 0.717) is 21.7 Å². The highest BCUT2D eigenvalue weighted by atomic mass is 32.1. The Balaban J connectivity index is 1.79. The summed E-state index contributed by atoms with van der Waals surface area (Å²) in [4.78, 5) is 29.4. The third kappa shape index (κ3) is 2.65. The summed E-state index contributed by atoms with van der Waals surface area (Å²) in [7, 11) is 0.